The normalized spacial score (nSPS) is 20.7. The first kappa shape index (κ1) is 18.0. The molecule has 142 valence electrons. The van der Waals surface area contributed by atoms with Crippen LogP contribution in [-0.2, 0) is 14.9 Å². The fourth-order valence-electron chi connectivity index (χ4n) is 3.61. The van der Waals surface area contributed by atoms with Crippen LogP contribution in [0.25, 0.3) is 0 Å². The van der Waals surface area contributed by atoms with Gasteiger partial charge in [0.1, 0.15) is 18.2 Å². The average Bonchev–Trinajstić information content (AvgIpc) is 3.50. The van der Waals surface area contributed by atoms with Crippen LogP contribution in [0, 0.1) is 5.82 Å². The van der Waals surface area contributed by atoms with Gasteiger partial charge >= 0.3 is 0 Å². The molecule has 1 amide bonds. The standard InChI is InChI=1S/C22H24FNO3/c23-20-7-2-1-6-19(20)22(12-13-22)21(25)24-16-8-10-17(11-9-16)27-15-18-5-3-4-14-26-18/h1-2,6-11,18H,3-5,12-15H2,(H,24,25). The van der Waals surface area contributed by atoms with Crippen molar-refractivity contribution >= 4 is 11.6 Å². The molecule has 0 spiro atoms. The Morgan fingerprint density at radius 2 is 1.93 bits per heavy atom. The summed E-state index contributed by atoms with van der Waals surface area (Å²) in [6.45, 7) is 1.35. The molecule has 1 atom stereocenters. The highest BCUT2D eigenvalue weighted by Crippen LogP contribution is 2.49. The van der Waals surface area contributed by atoms with Crippen LogP contribution < -0.4 is 10.1 Å². The molecule has 1 aliphatic carbocycles. The van der Waals surface area contributed by atoms with E-state index in [0.717, 1.165) is 25.2 Å². The number of anilines is 1. The summed E-state index contributed by atoms with van der Waals surface area (Å²) in [6, 6.07) is 13.8. The first-order chi connectivity index (χ1) is 13.2. The van der Waals surface area contributed by atoms with Crippen LogP contribution in [0.15, 0.2) is 48.5 Å². The molecule has 0 bridgehead atoms. The van der Waals surface area contributed by atoms with Gasteiger partial charge in [0, 0.05) is 17.9 Å². The Balaban J connectivity index is 1.35. The Hall–Kier alpha value is -2.40. The summed E-state index contributed by atoms with van der Waals surface area (Å²) in [5.41, 5.74) is 0.428. The molecule has 0 aromatic heterocycles. The van der Waals surface area contributed by atoms with Gasteiger partial charge in [-0.05, 0) is 62.4 Å². The molecule has 4 nitrogen and oxygen atoms in total. The van der Waals surface area contributed by atoms with Gasteiger partial charge in [0.2, 0.25) is 5.91 Å². The molecule has 1 heterocycles. The lowest BCUT2D eigenvalue weighted by Gasteiger charge is -2.22. The smallest absolute Gasteiger partial charge is 0.235 e. The van der Waals surface area contributed by atoms with Crippen LogP contribution in [0.2, 0.25) is 0 Å². The number of nitrogens with one attached hydrogen (secondary N) is 1. The van der Waals surface area contributed by atoms with Crippen LogP contribution in [0.1, 0.15) is 37.7 Å². The van der Waals surface area contributed by atoms with Crippen LogP contribution in [0.4, 0.5) is 10.1 Å². The first-order valence-corrected chi connectivity index (χ1v) is 9.58. The van der Waals surface area contributed by atoms with Crippen molar-refractivity contribution in [2.75, 3.05) is 18.5 Å². The van der Waals surface area contributed by atoms with Crippen molar-refractivity contribution in [2.24, 2.45) is 0 Å². The molecule has 2 aliphatic rings. The Labute approximate surface area is 158 Å². The summed E-state index contributed by atoms with van der Waals surface area (Å²) < 4.78 is 25.6. The monoisotopic (exact) mass is 369 g/mol. The van der Waals surface area contributed by atoms with Crippen molar-refractivity contribution in [1.29, 1.82) is 0 Å². The van der Waals surface area contributed by atoms with Crippen LogP contribution in [0.3, 0.4) is 0 Å². The van der Waals surface area contributed by atoms with E-state index in [0.29, 0.717) is 30.7 Å². The van der Waals surface area contributed by atoms with Crippen LogP contribution in [-0.4, -0.2) is 25.2 Å². The molecule has 1 N–H and O–H groups in total. The lowest BCUT2D eigenvalue weighted by Crippen LogP contribution is -2.28. The largest absolute Gasteiger partial charge is 0.491 e. The molecule has 2 fully saturated rings. The van der Waals surface area contributed by atoms with Gasteiger partial charge in [0.25, 0.3) is 0 Å². The van der Waals surface area contributed by atoms with Gasteiger partial charge in [0.15, 0.2) is 0 Å². The van der Waals surface area contributed by atoms with Crippen LogP contribution >= 0.6 is 0 Å². The van der Waals surface area contributed by atoms with Gasteiger partial charge in [-0.25, -0.2) is 4.39 Å². The predicted octanol–water partition coefficient (Wildman–Crippen LogP) is 4.44. The second-order valence-corrected chi connectivity index (χ2v) is 7.34. The van der Waals surface area contributed by atoms with Crippen molar-refractivity contribution < 1.29 is 18.7 Å². The number of ether oxygens (including phenoxy) is 2. The number of amides is 1. The summed E-state index contributed by atoms with van der Waals surface area (Å²) in [5.74, 6) is 0.271. The van der Waals surface area contributed by atoms with E-state index in [1.165, 1.54) is 12.5 Å². The molecule has 2 aromatic rings. The number of hydrogen-bond acceptors (Lipinski definition) is 3. The molecule has 2 aromatic carbocycles. The zero-order valence-electron chi connectivity index (χ0n) is 15.2. The van der Waals surface area contributed by atoms with Crippen molar-refractivity contribution in [3.8, 4) is 5.75 Å². The Morgan fingerprint density at radius 3 is 2.59 bits per heavy atom. The minimum atomic E-state index is -0.737. The molecular formula is C22H24FNO3. The van der Waals surface area contributed by atoms with E-state index < -0.39 is 5.41 Å². The summed E-state index contributed by atoms with van der Waals surface area (Å²) in [4.78, 5) is 12.7. The highest BCUT2D eigenvalue weighted by molar-refractivity contribution is 6.01. The summed E-state index contributed by atoms with van der Waals surface area (Å²) >= 11 is 0. The molecule has 0 radical (unpaired) electrons. The van der Waals surface area contributed by atoms with Gasteiger partial charge in [-0.2, -0.15) is 0 Å². The van der Waals surface area contributed by atoms with E-state index in [-0.39, 0.29) is 17.8 Å². The van der Waals surface area contributed by atoms with Crippen molar-refractivity contribution in [2.45, 2.75) is 43.6 Å². The van der Waals surface area contributed by atoms with E-state index in [1.54, 1.807) is 18.2 Å². The maximum Gasteiger partial charge on any atom is 0.235 e. The second-order valence-electron chi connectivity index (χ2n) is 7.34. The fraction of sp³-hybridized carbons (Fsp3) is 0.409. The quantitative estimate of drug-likeness (QED) is 0.819. The average molecular weight is 369 g/mol. The Kier molecular flexibility index (Phi) is 5.12. The molecular weight excluding hydrogens is 345 g/mol. The highest BCUT2D eigenvalue weighted by atomic mass is 19.1. The minimum absolute atomic E-state index is 0.156. The van der Waals surface area contributed by atoms with E-state index in [2.05, 4.69) is 5.32 Å². The lowest BCUT2D eigenvalue weighted by atomic mass is 9.94. The third-order valence-electron chi connectivity index (χ3n) is 5.40. The van der Waals surface area contributed by atoms with E-state index >= 15 is 0 Å². The Bertz CT molecular complexity index is 795. The number of hydrogen-bond donors (Lipinski definition) is 1. The topological polar surface area (TPSA) is 47.6 Å². The summed E-state index contributed by atoms with van der Waals surface area (Å²) in [5, 5.41) is 2.92. The second kappa shape index (κ2) is 7.69. The molecule has 5 heteroatoms. The fourth-order valence-corrected chi connectivity index (χ4v) is 3.61. The number of carbonyl (C=O) groups is 1. The zero-order chi connectivity index (χ0) is 18.7. The molecule has 1 aliphatic heterocycles. The Morgan fingerprint density at radius 1 is 1.15 bits per heavy atom. The number of benzene rings is 2. The van der Waals surface area contributed by atoms with Gasteiger partial charge in [-0.3, -0.25) is 4.79 Å². The van der Waals surface area contributed by atoms with Crippen molar-refractivity contribution in [3.63, 3.8) is 0 Å². The first-order valence-electron chi connectivity index (χ1n) is 9.58. The third kappa shape index (κ3) is 3.98. The highest BCUT2D eigenvalue weighted by Gasteiger charge is 2.52. The van der Waals surface area contributed by atoms with Crippen molar-refractivity contribution in [3.05, 3.63) is 59.9 Å². The number of rotatable bonds is 6. The van der Waals surface area contributed by atoms with Crippen molar-refractivity contribution in [1.82, 2.24) is 0 Å². The van der Waals surface area contributed by atoms with Crippen LogP contribution in [0.5, 0.6) is 5.75 Å². The number of halogens is 1. The molecule has 27 heavy (non-hydrogen) atoms. The molecule has 1 saturated carbocycles. The zero-order valence-corrected chi connectivity index (χ0v) is 15.2. The SMILES string of the molecule is O=C(Nc1ccc(OCC2CCCCO2)cc1)C1(c2ccccc2F)CC1. The predicted molar refractivity (Wildman–Crippen MR) is 101 cm³/mol. The molecule has 4 rings (SSSR count). The van der Waals surface area contributed by atoms with Gasteiger partial charge in [-0.1, -0.05) is 18.2 Å². The van der Waals surface area contributed by atoms with E-state index in [9.17, 15) is 9.18 Å². The van der Waals surface area contributed by atoms with Gasteiger partial charge < -0.3 is 14.8 Å². The molecule has 1 saturated heterocycles. The molecule has 1 unspecified atom stereocenters. The summed E-state index contributed by atoms with van der Waals surface area (Å²) in [6.07, 6.45) is 4.84. The van der Waals surface area contributed by atoms with E-state index in [4.69, 9.17) is 9.47 Å². The minimum Gasteiger partial charge on any atom is -0.491 e. The maximum absolute atomic E-state index is 14.1. The van der Waals surface area contributed by atoms with Gasteiger partial charge in [-0.15, -0.1) is 0 Å². The summed E-state index contributed by atoms with van der Waals surface area (Å²) in [7, 11) is 0. The maximum atomic E-state index is 14.1. The lowest BCUT2D eigenvalue weighted by molar-refractivity contribution is -0.118. The van der Waals surface area contributed by atoms with E-state index in [1.807, 2.05) is 24.3 Å². The third-order valence-corrected chi connectivity index (χ3v) is 5.40. The van der Waals surface area contributed by atoms with Gasteiger partial charge in [0.05, 0.1) is 11.5 Å². The number of carbonyl (C=O) groups excluding carboxylic acids is 1.